The van der Waals surface area contributed by atoms with Gasteiger partial charge in [0.25, 0.3) is 0 Å². The van der Waals surface area contributed by atoms with Gasteiger partial charge in [-0.1, -0.05) is 13.8 Å². The van der Waals surface area contributed by atoms with Crippen molar-refractivity contribution in [1.82, 2.24) is 9.80 Å². The van der Waals surface area contributed by atoms with Gasteiger partial charge in [0.15, 0.2) is 0 Å². The standard InChI is InChI=1S/C13H29N3/c1-11(2)13(9-14)16(4)10-12-5-7-15(3)8-6-12/h11-13H,5-10,14H2,1-4H3. The van der Waals surface area contributed by atoms with Crippen LogP contribution in [-0.4, -0.2) is 56.1 Å². The second kappa shape index (κ2) is 6.58. The fourth-order valence-corrected chi connectivity index (χ4v) is 2.75. The summed E-state index contributed by atoms with van der Waals surface area (Å²) in [4.78, 5) is 4.90. The zero-order chi connectivity index (χ0) is 12.1. The largest absolute Gasteiger partial charge is 0.329 e. The zero-order valence-electron chi connectivity index (χ0n) is 11.4. The molecule has 1 aliphatic heterocycles. The van der Waals surface area contributed by atoms with Gasteiger partial charge < -0.3 is 15.5 Å². The molecular weight excluding hydrogens is 198 g/mol. The summed E-state index contributed by atoms with van der Waals surface area (Å²) in [7, 11) is 4.45. The van der Waals surface area contributed by atoms with E-state index in [2.05, 4.69) is 37.7 Å². The van der Waals surface area contributed by atoms with Gasteiger partial charge in [0.05, 0.1) is 0 Å². The van der Waals surface area contributed by atoms with Gasteiger partial charge in [-0.15, -0.1) is 0 Å². The van der Waals surface area contributed by atoms with Gasteiger partial charge in [-0.05, 0) is 51.9 Å². The maximum Gasteiger partial charge on any atom is 0.0238 e. The van der Waals surface area contributed by atoms with E-state index in [9.17, 15) is 0 Å². The van der Waals surface area contributed by atoms with Crippen LogP contribution in [0.25, 0.3) is 0 Å². The molecule has 0 bridgehead atoms. The molecule has 0 saturated carbocycles. The van der Waals surface area contributed by atoms with Crippen molar-refractivity contribution < 1.29 is 0 Å². The lowest BCUT2D eigenvalue weighted by molar-refractivity contribution is 0.132. The van der Waals surface area contributed by atoms with E-state index in [1.165, 1.54) is 32.5 Å². The van der Waals surface area contributed by atoms with Crippen LogP contribution in [0.2, 0.25) is 0 Å². The van der Waals surface area contributed by atoms with E-state index < -0.39 is 0 Å². The quantitative estimate of drug-likeness (QED) is 0.767. The Kier molecular flexibility index (Phi) is 5.73. The molecule has 2 N–H and O–H groups in total. The van der Waals surface area contributed by atoms with Crippen molar-refractivity contribution in [3.8, 4) is 0 Å². The van der Waals surface area contributed by atoms with E-state index >= 15 is 0 Å². The molecule has 0 spiro atoms. The van der Waals surface area contributed by atoms with Crippen LogP contribution in [0.5, 0.6) is 0 Å². The molecule has 1 aliphatic rings. The SMILES string of the molecule is CC(C)C(CN)N(C)CC1CCN(C)CC1. The third kappa shape index (κ3) is 4.04. The number of likely N-dealkylation sites (N-methyl/N-ethyl adjacent to an activating group) is 1. The van der Waals surface area contributed by atoms with E-state index in [-0.39, 0.29) is 0 Å². The maximum atomic E-state index is 5.85. The summed E-state index contributed by atoms with van der Waals surface area (Å²) in [5, 5.41) is 0. The third-order valence-corrected chi connectivity index (χ3v) is 3.96. The highest BCUT2D eigenvalue weighted by molar-refractivity contribution is 4.78. The smallest absolute Gasteiger partial charge is 0.0238 e. The van der Waals surface area contributed by atoms with Crippen molar-refractivity contribution in [2.45, 2.75) is 32.7 Å². The Morgan fingerprint density at radius 2 is 1.88 bits per heavy atom. The molecule has 3 heteroatoms. The summed E-state index contributed by atoms with van der Waals surface area (Å²) >= 11 is 0. The van der Waals surface area contributed by atoms with Gasteiger partial charge in [-0.3, -0.25) is 0 Å². The Morgan fingerprint density at radius 1 is 1.31 bits per heavy atom. The molecule has 0 aromatic rings. The van der Waals surface area contributed by atoms with Gasteiger partial charge in [-0.2, -0.15) is 0 Å². The van der Waals surface area contributed by atoms with Crippen LogP contribution in [0.15, 0.2) is 0 Å². The molecule has 1 unspecified atom stereocenters. The average Bonchev–Trinajstić information content (AvgIpc) is 2.22. The van der Waals surface area contributed by atoms with Gasteiger partial charge in [0.2, 0.25) is 0 Å². The predicted molar refractivity (Wildman–Crippen MR) is 70.5 cm³/mol. The lowest BCUT2D eigenvalue weighted by Gasteiger charge is -2.36. The highest BCUT2D eigenvalue weighted by Gasteiger charge is 2.22. The third-order valence-electron chi connectivity index (χ3n) is 3.96. The predicted octanol–water partition coefficient (Wildman–Crippen LogP) is 1.24. The van der Waals surface area contributed by atoms with E-state index in [0.29, 0.717) is 12.0 Å². The molecular formula is C13H29N3. The first-order chi connectivity index (χ1) is 7.54. The van der Waals surface area contributed by atoms with Crippen molar-refractivity contribution in [3.05, 3.63) is 0 Å². The topological polar surface area (TPSA) is 32.5 Å². The van der Waals surface area contributed by atoms with Crippen LogP contribution < -0.4 is 5.73 Å². The van der Waals surface area contributed by atoms with Crippen LogP contribution in [0.1, 0.15) is 26.7 Å². The number of hydrogen-bond donors (Lipinski definition) is 1. The molecule has 16 heavy (non-hydrogen) atoms. The van der Waals surface area contributed by atoms with Crippen molar-refractivity contribution in [3.63, 3.8) is 0 Å². The lowest BCUT2D eigenvalue weighted by atomic mass is 9.94. The summed E-state index contributed by atoms with van der Waals surface area (Å²) < 4.78 is 0. The zero-order valence-corrected chi connectivity index (χ0v) is 11.4. The van der Waals surface area contributed by atoms with E-state index in [1.807, 2.05) is 0 Å². The van der Waals surface area contributed by atoms with Gasteiger partial charge in [0.1, 0.15) is 0 Å². The summed E-state index contributed by atoms with van der Waals surface area (Å²) in [5.41, 5.74) is 5.85. The number of piperidine rings is 1. The molecule has 0 aromatic carbocycles. The molecule has 0 radical (unpaired) electrons. The van der Waals surface area contributed by atoms with Gasteiger partial charge >= 0.3 is 0 Å². The molecule has 0 amide bonds. The Bertz CT molecular complexity index is 186. The number of likely N-dealkylation sites (tertiary alicyclic amines) is 1. The normalized spacial score (nSPS) is 21.9. The van der Waals surface area contributed by atoms with Crippen molar-refractivity contribution in [1.29, 1.82) is 0 Å². The van der Waals surface area contributed by atoms with Crippen LogP contribution >= 0.6 is 0 Å². The number of nitrogens with two attached hydrogens (primary N) is 1. The minimum absolute atomic E-state index is 0.541. The summed E-state index contributed by atoms with van der Waals surface area (Å²) in [5.74, 6) is 1.52. The fraction of sp³-hybridized carbons (Fsp3) is 1.00. The molecule has 1 heterocycles. The lowest BCUT2D eigenvalue weighted by Crippen LogP contribution is -2.45. The van der Waals surface area contributed by atoms with E-state index in [0.717, 1.165) is 12.5 Å². The molecule has 1 saturated heterocycles. The number of rotatable bonds is 5. The minimum Gasteiger partial charge on any atom is -0.329 e. The molecule has 3 nitrogen and oxygen atoms in total. The first kappa shape index (κ1) is 13.9. The molecule has 1 atom stereocenters. The molecule has 1 rings (SSSR count). The second-order valence-corrected chi connectivity index (χ2v) is 5.73. The molecule has 0 aliphatic carbocycles. The van der Waals surface area contributed by atoms with E-state index in [1.54, 1.807) is 0 Å². The van der Waals surface area contributed by atoms with Crippen molar-refractivity contribution >= 4 is 0 Å². The maximum absolute atomic E-state index is 5.85. The first-order valence-corrected chi connectivity index (χ1v) is 6.63. The summed E-state index contributed by atoms with van der Waals surface area (Å²) in [6.45, 7) is 9.04. The first-order valence-electron chi connectivity index (χ1n) is 6.63. The Morgan fingerprint density at radius 3 is 2.31 bits per heavy atom. The fourth-order valence-electron chi connectivity index (χ4n) is 2.75. The Balaban J connectivity index is 2.35. The van der Waals surface area contributed by atoms with Crippen LogP contribution in [0.4, 0.5) is 0 Å². The summed E-state index contributed by atoms with van der Waals surface area (Å²) in [6, 6.07) is 0.541. The minimum atomic E-state index is 0.541. The Hall–Kier alpha value is -0.120. The van der Waals surface area contributed by atoms with Gasteiger partial charge in [-0.25, -0.2) is 0 Å². The van der Waals surface area contributed by atoms with Crippen LogP contribution in [0, 0.1) is 11.8 Å². The van der Waals surface area contributed by atoms with Crippen molar-refractivity contribution in [2.24, 2.45) is 17.6 Å². The molecule has 0 aromatic heterocycles. The monoisotopic (exact) mass is 227 g/mol. The van der Waals surface area contributed by atoms with Gasteiger partial charge in [0, 0.05) is 19.1 Å². The number of hydrogen-bond acceptors (Lipinski definition) is 3. The molecule has 96 valence electrons. The highest BCUT2D eigenvalue weighted by atomic mass is 15.2. The molecule has 1 fully saturated rings. The van der Waals surface area contributed by atoms with Crippen LogP contribution in [0.3, 0.4) is 0 Å². The Labute approximate surface area is 101 Å². The second-order valence-electron chi connectivity index (χ2n) is 5.73. The van der Waals surface area contributed by atoms with Crippen molar-refractivity contribution in [2.75, 3.05) is 40.3 Å². The highest BCUT2D eigenvalue weighted by Crippen LogP contribution is 2.19. The van der Waals surface area contributed by atoms with Crippen LogP contribution in [-0.2, 0) is 0 Å². The average molecular weight is 227 g/mol. The van der Waals surface area contributed by atoms with E-state index in [4.69, 9.17) is 5.73 Å². The summed E-state index contributed by atoms with van der Waals surface area (Å²) in [6.07, 6.45) is 2.69. The number of nitrogens with zero attached hydrogens (tertiary/aromatic N) is 2.